The number of nitro benzene ring substituents is 1. The van der Waals surface area contributed by atoms with Gasteiger partial charge in [0.1, 0.15) is 0 Å². The Morgan fingerprint density at radius 1 is 1.05 bits per heavy atom. The first kappa shape index (κ1) is 14.3. The van der Waals surface area contributed by atoms with E-state index in [4.69, 9.17) is 0 Å². The molecule has 0 bridgehead atoms. The van der Waals surface area contributed by atoms with Crippen LogP contribution < -0.4 is 0 Å². The van der Waals surface area contributed by atoms with Gasteiger partial charge in [0.05, 0.1) is 0 Å². The first-order chi connectivity index (χ1) is 10.7. The van der Waals surface area contributed by atoms with E-state index in [2.05, 4.69) is 15.2 Å². The average Bonchev–Trinajstić information content (AvgIpc) is 3.03. The van der Waals surface area contributed by atoms with Crippen molar-refractivity contribution in [2.24, 2.45) is 4.99 Å². The molecule has 0 radical (unpaired) electrons. The Morgan fingerprint density at radius 3 is 2.45 bits per heavy atom. The molecule has 0 fully saturated rings. The maximum absolute atomic E-state index is 10.6. The minimum absolute atomic E-state index is 0.0291. The summed E-state index contributed by atoms with van der Waals surface area (Å²) in [5.74, 6) is 0. The molecule has 0 N–H and O–H groups in total. The minimum atomic E-state index is -0.426. The van der Waals surface area contributed by atoms with E-state index in [0.717, 1.165) is 15.7 Å². The molecule has 1 aromatic heterocycles. The Hall–Kier alpha value is -2.63. The van der Waals surface area contributed by atoms with Crippen LogP contribution in [-0.2, 0) is 0 Å². The number of aromatic nitrogens is 2. The van der Waals surface area contributed by atoms with Crippen LogP contribution in [0, 0.1) is 10.1 Å². The molecule has 0 aliphatic rings. The van der Waals surface area contributed by atoms with Crippen molar-refractivity contribution in [3.05, 3.63) is 70.3 Å². The third-order valence-corrected chi connectivity index (χ3v) is 4.71. The van der Waals surface area contributed by atoms with Gasteiger partial charge in [-0.25, -0.2) is 0 Å². The summed E-state index contributed by atoms with van der Waals surface area (Å²) in [6, 6.07) is 16.1. The Morgan fingerprint density at radius 2 is 1.77 bits per heavy atom. The van der Waals surface area contributed by atoms with Crippen LogP contribution in [0.3, 0.4) is 0 Å². The third kappa shape index (κ3) is 3.33. The molecule has 2 aromatic carbocycles. The fourth-order valence-electron chi connectivity index (χ4n) is 1.78. The summed E-state index contributed by atoms with van der Waals surface area (Å²) in [6.45, 7) is 0. The maximum atomic E-state index is 10.6. The van der Waals surface area contributed by atoms with Gasteiger partial charge in [-0.2, -0.15) is 0 Å². The van der Waals surface area contributed by atoms with E-state index in [0.29, 0.717) is 4.69 Å². The summed E-state index contributed by atoms with van der Waals surface area (Å²) in [5.41, 5.74) is 1.92. The summed E-state index contributed by atoms with van der Waals surface area (Å²) in [4.78, 5) is 14.5. The van der Waals surface area contributed by atoms with E-state index in [-0.39, 0.29) is 20.2 Å². The average molecular weight is 357 g/mol. The zero-order valence-electron chi connectivity index (χ0n) is 11.3. The number of rotatable bonds is 4. The van der Waals surface area contributed by atoms with Crippen molar-refractivity contribution in [2.75, 3.05) is 0 Å². The molecule has 108 valence electrons. The van der Waals surface area contributed by atoms with Crippen molar-refractivity contribution in [3.63, 3.8) is 0 Å². The quantitative estimate of drug-likeness (QED) is 0.311. The fraction of sp³-hybridized carbons (Fsp3) is 0. The molecule has 0 unspecified atom stereocenters. The molecule has 0 aliphatic heterocycles. The van der Waals surface area contributed by atoms with Crippen LogP contribution in [0.5, 0.6) is 0 Å². The summed E-state index contributed by atoms with van der Waals surface area (Å²) in [6.07, 6.45) is 1.65. The van der Waals surface area contributed by atoms with Crippen molar-refractivity contribution in [1.29, 1.82) is 0 Å². The third-order valence-electron chi connectivity index (χ3n) is 2.86. The van der Waals surface area contributed by atoms with Crippen LogP contribution in [0.4, 0.5) is 10.4 Å². The second-order valence-corrected chi connectivity index (χ2v) is 6.37. The number of non-ortho nitro benzene ring substituents is 1. The predicted molar refractivity (Wildman–Crippen MR) is 84.8 cm³/mol. The zero-order valence-corrected chi connectivity index (χ0v) is 13.0. The molecule has 3 aromatic rings. The molecular weight excluding hydrogens is 347 g/mol. The molecule has 22 heavy (non-hydrogen) atoms. The first-order valence-corrected chi connectivity index (χ1v) is 8.11. The van der Waals surface area contributed by atoms with Gasteiger partial charge in [0, 0.05) is 0 Å². The number of nitrogens with zero attached hydrogens (tertiary/aromatic N) is 4. The number of benzene rings is 2. The van der Waals surface area contributed by atoms with Gasteiger partial charge in [0.25, 0.3) is 0 Å². The van der Waals surface area contributed by atoms with E-state index in [1.165, 1.54) is 12.1 Å². The summed E-state index contributed by atoms with van der Waals surface area (Å²) < 4.78 is 1.63. The van der Waals surface area contributed by atoms with E-state index in [1.807, 2.05) is 30.3 Å². The molecule has 0 atom stereocenters. The number of aliphatic imine (C=N–C) groups is 1. The second-order valence-electron chi connectivity index (χ2n) is 4.36. The van der Waals surface area contributed by atoms with E-state index in [9.17, 15) is 10.1 Å². The van der Waals surface area contributed by atoms with E-state index >= 15 is 0 Å². The van der Waals surface area contributed by atoms with Crippen molar-refractivity contribution < 1.29 is 4.92 Å². The van der Waals surface area contributed by atoms with Crippen molar-refractivity contribution in [2.45, 2.75) is 0 Å². The molecule has 0 saturated carbocycles. The van der Waals surface area contributed by atoms with Crippen LogP contribution in [-0.4, -0.2) is 35.8 Å². The topological polar surface area (TPSA) is 81.3 Å². The van der Waals surface area contributed by atoms with Gasteiger partial charge in [0.2, 0.25) is 0 Å². The number of hydrogen-bond donors (Lipinski definition) is 0. The summed E-state index contributed by atoms with van der Waals surface area (Å²) in [7, 11) is 0. The van der Waals surface area contributed by atoms with E-state index < -0.39 is 4.92 Å². The summed E-state index contributed by atoms with van der Waals surface area (Å²) in [5, 5.41) is 18.8. The molecule has 1 heterocycles. The van der Waals surface area contributed by atoms with E-state index in [1.54, 1.807) is 18.3 Å². The van der Waals surface area contributed by atoms with Crippen molar-refractivity contribution in [3.8, 4) is 10.1 Å². The van der Waals surface area contributed by atoms with Crippen LogP contribution >= 0.6 is 0 Å². The standard InChI is InChI=1S/C15H10N4O2Se/c20-19(21)13-8-6-11(7-9-13)10-16-15-18-17-14(22-15)12-4-2-1-3-5-12/h1-10H. The number of hydrogen-bond acceptors (Lipinski definition) is 5. The molecule has 0 saturated heterocycles. The van der Waals surface area contributed by atoms with Crippen LogP contribution in [0.25, 0.3) is 10.1 Å². The fourth-order valence-corrected chi connectivity index (χ4v) is 3.24. The molecular formula is C15H10N4O2Se. The summed E-state index contributed by atoms with van der Waals surface area (Å²) >= 11 is -0.0291. The van der Waals surface area contributed by atoms with Crippen molar-refractivity contribution in [1.82, 2.24) is 10.2 Å². The van der Waals surface area contributed by atoms with Crippen LogP contribution in [0.2, 0.25) is 0 Å². The SMILES string of the molecule is O=[N+]([O-])c1ccc(C=Nc2nnc(-c3ccccc3)[se]2)cc1. The predicted octanol–water partition coefficient (Wildman–Crippen LogP) is 2.86. The number of nitro groups is 1. The molecule has 0 spiro atoms. The molecule has 0 aliphatic carbocycles. The first-order valence-electron chi connectivity index (χ1n) is 6.40. The normalized spacial score (nSPS) is 10.9. The molecule has 3 rings (SSSR count). The van der Waals surface area contributed by atoms with Gasteiger partial charge in [-0.15, -0.1) is 0 Å². The second kappa shape index (κ2) is 6.43. The van der Waals surface area contributed by atoms with Gasteiger partial charge in [-0.05, 0) is 0 Å². The monoisotopic (exact) mass is 358 g/mol. The zero-order chi connectivity index (χ0) is 15.4. The Labute approximate surface area is 132 Å². The Bertz CT molecular complexity index is 813. The molecule has 0 amide bonds. The molecule has 6 nitrogen and oxygen atoms in total. The van der Waals surface area contributed by atoms with Gasteiger partial charge >= 0.3 is 132 Å². The van der Waals surface area contributed by atoms with Gasteiger partial charge in [0.15, 0.2) is 0 Å². The van der Waals surface area contributed by atoms with Gasteiger partial charge < -0.3 is 0 Å². The van der Waals surface area contributed by atoms with Crippen molar-refractivity contribution >= 4 is 31.1 Å². The Kier molecular flexibility index (Phi) is 4.18. The molecule has 7 heteroatoms. The van der Waals surface area contributed by atoms with Gasteiger partial charge in [-0.1, -0.05) is 0 Å². The van der Waals surface area contributed by atoms with Crippen LogP contribution in [0.15, 0.2) is 59.6 Å². The van der Waals surface area contributed by atoms with Crippen LogP contribution in [0.1, 0.15) is 5.56 Å². The Balaban J connectivity index is 1.76. The van der Waals surface area contributed by atoms with Gasteiger partial charge in [-0.3, -0.25) is 0 Å².